The van der Waals surface area contributed by atoms with E-state index in [1.54, 1.807) is 41.8 Å². The first-order valence-corrected chi connectivity index (χ1v) is 11.6. The summed E-state index contributed by atoms with van der Waals surface area (Å²) in [5, 5.41) is 18.1. The molecule has 3 aromatic heterocycles. The number of hydrogen-bond donors (Lipinski definition) is 1. The Morgan fingerprint density at radius 2 is 1.92 bits per heavy atom. The van der Waals surface area contributed by atoms with Crippen LogP contribution in [-0.2, 0) is 9.59 Å². The number of aromatic amines is 1. The Hall–Kier alpha value is -4.60. The first-order valence-electron chi connectivity index (χ1n) is 11.6. The van der Waals surface area contributed by atoms with Crippen LogP contribution >= 0.6 is 0 Å². The van der Waals surface area contributed by atoms with Gasteiger partial charge in [0.05, 0.1) is 41.9 Å². The smallest absolute Gasteiger partial charge is 0.258 e. The van der Waals surface area contributed by atoms with Crippen molar-refractivity contribution in [3.05, 3.63) is 73.3 Å². The molecule has 2 atom stereocenters. The van der Waals surface area contributed by atoms with E-state index in [0.717, 1.165) is 32.3 Å². The lowest BCUT2D eigenvalue weighted by atomic mass is 10.1. The van der Waals surface area contributed by atoms with Crippen LogP contribution in [0.1, 0.15) is 13.3 Å². The molecule has 1 fully saturated rings. The Balaban J connectivity index is 1.35. The van der Waals surface area contributed by atoms with E-state index in [1.165, 1.54) is 6.92 Å². The molecular weight excluding hydrogens is 461 g/mol. The largest absolute Gasteiger partial charge is 0.297 e. The van der Waals surface area contributed by atoms with Crippen LogP contribution in [0, 0.1) is 0 Å². The number of rotatable bonds is 4. The van der Waals surface area contributed by atoms with Crippen molar-refractivity contribution < 1.29 is 14.0 Å². The lowest BCUT2D eigenvalue weighted by molar-refractivity contribution is -0.126. The van der Waals surface area contributed by atoms with Gasteiger partial charge >= 0.3 is 0 Å². The average Bonchev–Trinajstić information content (AvgIpc) is 3.61. The Morgan fingerprint density at radius 3 is 2.72 bits per heavy atom. The van der Waals surface area contributed by atoms with Gasteiger partial charge in [-0.2, -0.15) is 15.3 Å². The minimum absolute atomic E-state index is 0.00461. The minimum Gasteiger partial charge on any atom is -0.297 e. The molecule has 2 aromatic carbocycles. The molecule has 0 saturated carbocycles. The first kappa shape index (κ1) is 21.9. The molecule has 10 heteroatoms. The van der Waals surface area contributed by atoms with Gasteiger partial charge in [0, 0.05) is 35.9 Å². The molecule has 9 nitrogen and oxygen atoms in total. The molecule has 1 aliphatic rings. The molecule has 2 amide bonds. The number of H-pyrrole nitrogens is 1. The summed E-state index contributed by atoms with van der Waals surface area (Å²) in [4.78, 5) is 27.5. The summed E-state index contributed by atoms with van der Waals surface area (Å²) in [7, 11) is 0. The zero-order valence-corrected chi connectivity index (χ0v) is 19.4. The van der Waals surface area contributed by atoms with E-state index >= 15 is 0 Å². The molecule has 1 N–H and O–H groups in total. The van der Waals surface area contributed by atoms with E-state index in [2.05, 4.69) is 20.4 Å². The monoisotopic (exact) mass is 483 g/mol. The molecule has 2 unspecified atom stereocenters. The summed E-state index contributed by atoms with van der Waals surface area (Å²) < 4.78 is 16.6. The normalized spacial score (nSPS) is 17.7. The lowest BCUT2D eigenvalue weighted by Crippen LogP contribution is -2.51. The number of carbonyl (C=O) groups is 2. The van der Waals surface area contributed by atoms with Crippen LogP contribution in [0.2, 0.25) is 0 Å². The maximum absolute atomic E-state index is 14.8. The molecule has 180 valence electrons. The third kappa shape index (κ3) is 3.67. The maximum Gasteiger partial charge on any atom is 0.258 e. The molecule has 0 radical (unpaired) electrons. The number of nitrogens with zero attached hydrogens (tertiary/aromatic N) is 6. The van der Waals surface area contributed by atoms with E-state index in [1.807, 2.05) is 41.2 Å². The fraction of sp³-hybridized carbons (Fsp3) is 0.192. The summed E-state index contributed by atoms with van der Waals surface area (Å²) >= 11 is 0. The predicted octanol–water partition coefficient (Wildman–Crippen LogP) is 3.60. The highest BCUT2D eigenvalue weighted by atomic mass is 19.1. The van der Waals surface area contributed by atoms with Gasteiger partial charge in [-0.25, -0.2) is 9.29 Å². The second kappa shape index (κ2) is 8.56. The highest BCUT2D eigenvalue weighted by Crippen LogP contribution is 2.30. The number of aromatic nitrogens is 5. The SMILES string of the molecule is CC(=O)N(C(=O)C1CC(F)CN1n1ccc2cc(-c3ccnnc3)ccc21)c1ccc2cn[nH]c2c1. The van der Waals surface area contributed by atoms with Gasteiger partial charge in [-0.15, -0.1) is 0 Å². The first-order chi connectivity index (χ1) is 17.5. The summed E-state index contributed by atoms with van der Waals surface area (Å²) in [6, 6.07) is 14.1. The van der Waals surface area contributed by atoms with Crippen LogP contribution in [0.5, 0.6) is 0 Å². The molecule has 0 bridgehead atoms. The van der Waals surface area contributed by atoms with Crippen LogP contribution in [0.4, 0.5) is 10.1 Å². The number of carbonyl (C=O) groups excluding carboxylic acids is 2. The molecular formula is C26H22FN7O2. The van der Waals surface area contributed by atoms with Gasteiger partial charge in [-0.3, -0.25) is 24.4 Å². The van der Waals surface area contributed by atoms with Gasteiger partial charge in [0.1, 0.15) is 12.2 Å². The molecule has 1 aliphatic heterocycles. The quantitative estimate of drug-likeness (QED) is 0.419. The average molecular weight is 484 g/mol. The van der Waals surface area contributed by atoms with Gasteiger partial charge in [0.2, 0.25) is 5.91 Å². The van der Waals surface area contributed by atoms with Crippen molar-refractivity contribution in [2.75, 3.05) is 16.5 Å². The zero-order valence-electron chi connectivity index (χ0n) is 19.4. The Morgan fingerprint density at radius 1 is 1.03 bits per heavy atom. The summed E-state index contributed by atoms with van der Waals surface area (Å²) in [5.74, 6) is -0.906. The molecule has 1 saturated heterocycles. The van der Waals surface area contributed by atoms with Crippen molar-refractivity contribution in [3.8, 4) is 11.1 Å². The second-order valence-corrected chi connectivity index (χ2v) is 8.87. The second-order valence-electron chi connectivity index (χ2n) is 8.87. The van der Waals surface area contributed by atoms with E-state index in [9.17, 15) is 14.0 Å². The van der Waals surface area contributed by atoms with Crippen LogP contribution in [-0.4, -0.2) is 55.6 Å². The number of anilines is 1. The Labute approximate surface area is 205 Å². The van der Waals surface area contributed by atoms with Crippen molar-refractivity contribution in [2.45, 2.75) is 25.6 Å². The number of benzene rings is 2. The number of alkyl halides is 1. The number of hydrogen-bond acceptors (Lipinski definition) is 6. The van der Waals surface area contributed by atoms with E-state index in [-0.39, 0.29) is 13.0 Å². The number of halogens is 1. The van der Waals surface area contributed by atoms with Gasteiger partial charge in [-0.05, 0) is 48.0 Å². The number of imide groups is 1. The number of nitrogens with one attached hydrogen (secondary N) is 1. The molecule has 36 heavy (non-hydrogen) atoms. The summed E-state index contributed by atoms with van der Waals surface area (Å²) in [5.41, 5.74) is 3.86. The van der Waals surface area contributed by atoms with Gasteiger partial charge in [-0.1, -0.05) is 6.07 Å². The fourth-order valence-corrected chi connectivity index (χ4v) is 4.91. The van der Waals surface area contributed by atoms with Crippen molar-refractivity contribution in [2.24, 2.45) is 0 Å². The predicted molar refractivity (Wildman–Crippen MR) is 134 cm³/mol. The number of amides is 2. The third-order valence-corrected chi connectivity index (χ3v) is 6.59. The molecule has 0 aliphatic carbocycles. The summed E-state index contributed by atoms with van der Waals surface area (Å²) in [6.07, 6.45) is 5.61. The maximum atomic E-state index is 14.8. The number of fused-ring (bicyclic) bond motifs is 2. The van der Waals surface area contributed by atoms with Crippen LogP contribution in [0.25, 0.3) is 32.9 Å². The molecule has 6 rings (SSSR count). The standard InChI is InChI=1S/C26H22FN7O2/c1-16(35)34(22-4-2-20-14-30-31-23(20)12-22)26(36)25-11-21(27)15-33(25)32-9-7-18-10-17(3-5-24(18)32)19-6-8-28-29-13-19/h2-10,12-14,21,25H,11,15H2,1H3,(H,30,31). The van der Waals surface area contributed by atoms with E-state index in [0.29, 0.717) is 11.2 Å². The van der Waals surface area contributed by atoms with Crippen molar-refractivity contribution in [1.82, 2.24) is 25.1 Å². The summed E-state index contributed by atoms with van der Waals surface area (Å²) in [6.45, 7) is 1.38. The van der Waals surface area contributed by atoms with Gasteiger partial charge < -0.3 is 0 Å². The molecule has 5 aromatic rings. The molecule has 4 heterocycles. The van der Waals surface area contributed by atoms with E-state index in [4.69, 9.17) is 0 Å². The van der Waals surface area contributed by atoms with Crippen LogP contribution in [0.15, 0.2) is 73.3 Å². The highest BCUT2D eigenvalue weighted by molar-refractivity contribution is 6.17. The van der Waals surface area contributed by atoms with Crippen molar-refractivity contribution >= 4 is 39.3 Å². The highest BCUT2D eigenvalue weighted by Gasteiger charge is 2.41. The van der Waals surface area contributed by atoms with Crippen LogP contribution in [0.3, 0.4) is 0 Å². The Kier molecular flexibility index (Phi) is 5.21. The van der Waals surface area contributed by atoms with E-state index < -0.39 is 24.0 Å². The molecule has 0 spiro atoms. The minimum atomic E-state index is -1.21. The van der Waals surface area contributed by atoms with Crippen molar-refractivity contribution in [3.63, 3.8) is 0 Å². The van der Waals surface area contributed by atoms with Crippen LogP contribution < -0.4 is 9.91 Å². The lowest BCUT2D eigenvalue weighted by Gasteiger charge is -2.31. The van der Waals surface area contributed by atoms with Gasteiger partial charge in [0.25, 0.3) is 5.91 Å². The van der Waals surface area contributed by atoms with Gasteiger partial charge in [0.15, 0.2) is 0 Å². The topological polar surface area (TPSA) is 100 Å². The zero-order chi connectivity index (χ0) is 24.8. The Bertz CT molecular complexity index is 1600. The third-order valence-electron chi connectivity index (χ3n) is 6.59. The fourth-order valence-electron chi connectivity index (χ4n) is 4.91. The van der Waals surface area contributed by atoms with Crippen molar-refractivity contribution in [1.29, 1.82) is 0 Å².